The second kappa shape index (κ2) is 13.2. The maximum atomic E-state index is 10.2. The van der Waals surface area contributed by atoms with Crippen LogP contribution in [0, 0.1) is 0 Å². The molecule has 0 saturated carbocycles. The Morgan fingerprint density at radius 1 is 0.784 bits per heavy atom. The standard InChI is InChI=1S/C18H31NO2Si.C11H25NO2Si/c1-18(2,3)22(4,5)21-17-11-16(20)13-19(14-17)12-15-9-7-6-8-10-15;1-11(2,3)15(4,5)14-10-6-9(13)7-12-8-10/h6-10,16-17,20H,11-14H2,1-5H3;9-10,12-13H,6-8H2,1-5H3/t16-,17+;9-,10+/m00/s1. The van der Waals surface area contributed by atoms with E-state index >= 15 is 0 Å². The Morgan fingerprint density at radius 3 is 1.81 bits per heavy atom. The fraction of sp³-hybridized carbons (Fsp3) is 0.793. The van der Waals surface area contributed by atoms with Gasteiger partial charge >= 0.3 is 0 Å². The zero-order valence-corrected chi connectivity index (χ0v) is 27.3. The molecule has 214 valence electrons. The number of likely N-dealkylation sites (tertiary alicyclic amines) is 1. The van der Waals surface area contributed by atoms with Gasteiger partial charge in [-0.15, -0.1) is 0 Å². The molecule has 2 aliphatic heterocycles. The molecule has 0 bridgehead atoms. The predicted molar refractivity (Wildman–Crippen MR) is 160 cm³/mol. The zero-order chi connectivity index (χ0) is 28.1. The van der Waals surface area contributed by atoms with Gasteiger partial charge in [0.1, 0.15) is 0 Å². The topological polar surface area (TPSA) is 74.2 Å². The first kappa shape index (κ1) is 32.6. The van der Waals surface area contributed by atoms with Crippen LogP contribution in [-0.2, 0) is 15.4 Å². The van der Waals surface area contributed by atoms with Crippen LogP contribution < -0.4 is 5.32 Å². The van der Waals surface area contributed by atoms with E-state index in [1.54, 1.807) is 0 Å². The van der Waals surface area contributed by atoms with Crippen molar-refractivity contribution in [2.45, 2.75) is 122 Å². The van der Waals surface area contributed by atoms with Crippen molar-refractivity contribution in [3.63, 3.8) is 0 Å². The van der Waals surface area contributed by atoms with Crippen molar-refractivity contribution in [1.82, 2.24) is 10.2 Å². The summed E-state index contributed by atoms with van der Waals surface area (Å²) >= 11 is 0. The number of β-amino-alcohol motifs (C(OH)–C–C–N with tert-alkyl or cyclic N) is 2. The minimum atomic E-state index is -1.78. The highest BCUT2D eigenvalue weighted by Gasteiger charge is 2.41. The molecule has 0 aromatic heterocycles. The van der Waals surface area contributed by atoms with Gasteiger partial charge in [-0.1, -0.05) is 71.9 Å². The molecule has 3 N–H and O–H groups in total. The first-order valence-electron chi connectivity index (χ1n) is 14.1. The van der Waals surface area contributed by atoms with Crippen molar-refractivity contribution in [3.8, 4) is 0 Å². The zero-order valence-electron chi connectivity index (χ0n) is 25.3. The Hall–Kier alpha value is -0.586. The number of nitrogens with one attached hydrogen (secondary N) is 1. The fourth-order valence-corrected chi connectivity index (χ4v) is 7.05. The van der Waals surface area contributed by atoms with Crippen LogP contribution in [0.3, 0.4) is 0 Å². The van der Waals surface area contributed by atoms with E-state index in [0.717, 1.165) is 39.0 Å². The summed E-state index contributed by atoms with van der Waals surface area (Å²) in [6.07, 6.45) is 1.35. The number of aliphatic hydroxyl groups is 2. The second-order valence-corrected chi connectivity index (χ2v) is 23.6. The van der Waals surface area contributed by atoms with Gasteiger partial charge in [-0.05, 0) is 41.8 Å². The van der Waals surface area contributed by atoms with E-state index in [-0.39, 0.29) is 34.5 Å². The number of hydrogen-bond donors (Lipinski definition) is 3. The number of nitrogens with zero attached hydrogens (tertiary/aromatic N) is 1. The first-order valence-corrected chi connectivity index (χ1v) is 19.9. The third-order valence-corrected chi connectivity index (χ3v) is 17.6. The van der Waals surface area contributed by atoms with Crippen molar-refractivity contribution in [3.05, 3.63) is 35.9 Å². The van der Waals surface area contributed by atoms with E-state index in [9.17, 15) is 10.2 Å². The molecule has 2 saturated heterocycles. The molecule has 1 aromatic carbocycles. The van der Waals surface area contributed by atoms with Crippen LogP contribution in [-0.4, -0.2) is 82.3 Å². The molecule has 0 radical (unpaired) electrons. The van der Waals surface area contributed by atoms with E-state index in [1.807, 2.05) is 6.07 Å². The summed E-state index contributed by atoms with van der Waals surface area (Å²) in [4.78, 5) is 2.32. The van der Waals surface area contributed by atoms with Gasteiger partial charge in [0.15, 0.2) is 16.6 Å². The van der Waals surface area contributed by atoms with E-state index in [2.05, 4.69) is 102 Å². The van der Waals surface area contributed by atoms with Gasteiger partial charge in [0, 0.05) is 45.6 Å². The van der Waals surface area contributed by atoms with Gasteiger partial charge in [0.2, 0.25) is 0 Å². The molecule has 2 heterocycles. The molecule has 4 atom stereocenters. The smallest absolute Gasteiger partial charge is 0.192 e. The highest BCUT2D eigenvalue weighted by molar-refractivity contribution is 6.74. The molecule has 8 heteroatoms. The minimum absolute atomic E-state index is 0.147. The maximum absolute atomic E-state index is 10.2. The Kier molecular flexibility index (Phi) is 11.6. The average Bonchev–Trinajstić information content (AvgIpc) is 2.72. The molecule has 37 heavy (non-hydrogen) atoms. The monoisotopic (exact) mass is 552 g/mol. The van der Waals surface area contributed by atoms with E-state index in [1.165, 1.54) is 5.56 Å². The highest BCUT2D eigenvalue weighted by Crippen LogP contribution is 2.39. The molecule has 0 amide bonds. The van der Waals surface area contributed by atoms with Crippen LogP contribution in [0.1, 0.15) is 59.9 Å². The van der Waals surface area contributed by atoms with Gasteiger partial charge in [-0.25, -0.2) is 0 Å². The van der Waals surface area contributed by atoms with Gasteiger partial charge in [0.05, 0.1) is 24.4 Å². The summed E-state index contributed by atoms with van der Waals surface area (Å²) in [5, 5.41) is 23.4. The van der Waals surface area contributed by atoms with Gasteiger partial charge in [-0.3, -0.25) is 4.90 Å². The van der Waals surface area contributed by atoms with Crippen LogP contribution in [0.5, 0.6) is 0 Å². The summed E-state index contributed by atoms with van der Waals surface area (Å²) in [5.41, 5.74) is 1.29. The SMILES string of the molecule is CC(C)(C)[Si](C)(C)O[C@@H]1C[C@H](O)CN(Cc2ccccc2)C1.CC(C)(C)[Si](C)(C)O[C@H]1CNC[C@@H](O)C1. The van der Waals surface area contributed by atoms with Crippen molar-refractivity contribution < 1.29 is 19.1 Å². The van der Waals surface area contributed by atoms with Gasteiger partial charge < -0.3 is 24.4 Å². The van der Waals surface area contributed by atoms with E-state index in [0.29, 0.717) is 6.54 Å². The summed E-state index contributed by atoms with van der Waals surface area (Å²) in [5.74, 6) is 0. The lowest BCUT2D eigenvalue weighted by molar-refractivity contribution is -0.00567. The van der Waals surface area contributed by atoms with Crippen LogP contribution in [0.4, 0.5) is 0 Å². The lowest BCUT2D eigenvalue weighted by Gasteiger charge is -2.43. The lowest BCUT2D eigenvalue weighted by atomic mass is 10.0. The molecular formula is C29H56N2O4Si2. The van der Waals surface area contributed by atoms with Crippen LogP contribution >= 0.6 is 0 Å². The number of hydrogen-bond acceptors (Lipinski definition) is 6. The van der Waals surface area contributed by atoms with E-state index < -0.39 is 16.6 Å². The summed E-state index contributed by atoms with van der Waals surface area (Å²) in [6.45, 7) is 26.7. The quantitative estimate of drug-likeness (QED) is 0.412. The van der Waals surface area contributed by atoms with E-state index in [4.69, 9.17) is 8.85 Å². The van der Waals surface area contributed by atoms with Crippen LogP contribution in [0.15, 0.2) is 30.3 Å². The third-order valence-electron chi connectivity index (χ3n) is 8.54. The normalized spacial score (nSPS) is 26.4. The number of benzene rings is 1. The maximum Gasteiger partial charge on any atom is 0.192 e. The Morgan fingerprint density at radius 2 is 1.30 bits per heavy atom. The number of rotatable bonds is 6. The fourth-order valence-electron chi connectivity index (χ4n) is 4.33. The molecule has 6 nitrogen and oxygen atoms in total. The Bertz CT molecular complexity index is 808. The van der Waals surface area contributed by atoms with Crippen molar-refractivity contribution in [1.29, 1.82) is 0 Å². The highest BCUT2D eigenvalue weighted by atomic mass is 28.4. The molecule has 0 unspecified atom stereocenters. The molecule has 0 aliphatic carbocycles. The molecular weight excluding hydrogens is 497 g/mol. The number of aliphatic hydroxyl groups excluding tert-OH is 2. The molecule has 3 rings (SSSR count). The van der Waals surface area contributed by atoms with Crippen LogP contribution in [0.2, 0.25) is 36.3 Å². The lowest BCUT2D eigenvalue weighted by Crippen LogP contribution is -2.52. The summed E-state index contributed by atoms with van der Waals surface area (Å²) in [6, 6.07) is 10.5. The first-order chi connectivity index (χ1) is 16.9. The van der Waals surface area contributed by atoms with Gasteiger partial charge in [-0.2, -0.15) is 0 Å². The Labute approximate surface area is 229 Å². The van der Waals surface area contributed by atoms with Gasteiger partial charge in [0.25, 0.3) is 0 Å². The Balaban J connectivity index is 0.000000281. The molecule has 2 fully saturated rings. The summed E-state index contributed by atoms with van der Waals surface area (Å²) in [7, 11) is -3.45. The molecule has 1 aromatic rings. The third kappa shape index (κ3) is 10.5. The average molecular weight is 553 g/mol. The minimum Gasteiger partial charge on any atom is -0.413 e. The summed E-state index contributed by atoms with van der Waals surface area (Å²) < 4.78 is 12.7. The predicted octanol–water partition coefficient (Wildman–Crippen LogP) is 5.37. The van der Waals surface area contributed by atoms with Crippen LogP contribution in [0.25, 0.3) is 0 Å². The molecule has 0 spiro atoms. The number of piperidine rings is 2. The largest absolute Gasteiger partial charge is 0.413 e. The van der Waals surface area contributed by atoms with Crippen molar-refractivity contribution in [2.75, 3.05) is 26.2 Å². The molecule has 2 aliphatic rings. The second-order valence-electron chi connectivity index (χ2n) is 14.1. The van der Waals surface area contributed by atoms with Crippen molar-refractivity contribution in [2.24, 2.45) is 0 Å². The van der Waals surface area contributed by atoms with Crippen molar-refractivity contribution >= 4 is 16.6 Å².